The molecule has 0 bridgehead atoms. The fraction of sp³-hybridized carbons (Fsp3) is 0.0769. The van der Waals surface area contributed by atoms with Gasteiger partial charge < -0.3 is 0 Å². The lowest BCUT2D eigenvalue weighted by Gasteiger charge is -2.15. The van der Waals surface area contributed by atoms with Crippen molar-refractivity contribution in [3.8, 4) is 22.3 Å². The molecule has 4 aromatic carbocycles. The minimum atomic E-state index is 0.325. The van der Waals surface area contributed by atoms with Crippen LogP contribution < -0.4 is 0 Å². The minimum absolute atomic E-state index is 0.325. The maximum Gasteiger partial charge on any atom is 0.0352 e. The van der Waals surface area contributed by atoms with Gasteiger partial charge in [-0.1, -0.05) is 103 Å². The number of hydrogen-bond donors (Lipinski definition) is 0. The molecule has 4 aromatic rings. The van der Waals surface area contributed by atoms with Gasteiger partial charge in [0.2, 0.25) is 0 Å². The van der Waals surface area contributed by atoms with Crippen molar-refractivity contribution < 1.29 is 0 Å². The molecule has 0 N–H and O–H groups in total. The second-order valence-electron chi connectivity index (χ2n) is 7.10. The predicted molar refractivity (Wildman–Crippen MR) is 109 cm³/mol. The van der Waals surface area contributed by atoms with E-state index in [0.717, 1.165) is 0 Å². The van der Waals surface area contributed by atoms with Crippen molar-refractivity contribution in [3.63, 3.8) is 0 Å². The Kier molecular flexibility index (Phi) is 3.50. The molecule has 0 saturated carbocycles. The summed E-state index contributed by atoms with van der Waals surface area (Å²) in [5, 5.41) is 0. The maximum atomic E-state index is 2.35. The van der Waals surface area contributed by atoms with E-state index in [4.69, 9.17) is 0 Å². The largest absolute Gasteiger partial charge is 0.0622 e. The predicted octanol–water partition coefficient (Wildman–Crippen LogP) is 6.82. The molecule has 5 rings (SSSR count). The lowest BCUT2D eigenvalue weighted by atomic mass is 9.88. The Bertz CT molecular complexity index is 1070. The van der Waals surface area contributed by atoms with Crippen LogP contribution >= 0.6 is 0 Å². The van der Waals surface area contributed by atoms with E-state index >= 15 is 0 Å². The first-order valence-electron chi connectivity index (χ1n) is 9.16. The van der Waals surface area contributed by atoms with Gasteiger partial charge in [-0.05, 0) is 45.9 Å². The summed E-state index contributed by atoms with van der Waals surface area (Å²) in [7, 11) is 0. The summed E-state index contributed by atoms with van der Waals surface area (Å²) in [5.41, 5.74) is 10.8. The van der Waals surface area contributed by atoms with Gasteiger partial charge in [-0.2, -0.15) is 0 Å². The van der Waals surface area contributed by atoms with Gasteiger partial charge in [0.25, 0.3) is 0 Å². The van der Waals surface area contributed by atoms with Crippen LogP contribution in [0.5, 0.6) is 0 Å². The Balaban J connectivity index is 1.63. The second kappa shape index (κ2) is 6.00. The van der Waals surface area contributed by atoms with E-state index in [1.165, 1.54) is 44.5 Å². The number of hydrogen-bond acceptors (Lipinski definition) is 0. The average molecular weight is 332 g/mol. The standard InChI is InChI=1S/C26H20/c1-18-11-16-23-22-9-5-6-10-24(22)26(25(23)17-18)21-14-12-20(13-15-21)19-7-3-2-4-8-19/h2-17,26H,1H3. The highest BCUT2D eigenvalue weighted by Crippen LogP contribution is 2.48. The smallest absolute Gasteiger partial charge is 0.0352 e. The Morgan fingerprint density at radius 2 is 1.19 bits per heavy atom. The van der Waals surface area contributed by atoms with E-state index in [0.29, 0.717) is 5.92 Å². The molecule has 1 unspecified atom stereocenters. The van der Waals surface area contributed by atoms with Crippen LogP contribution in [-0.4, -0.2) is 0 Å². The van der Waals surface area contributed by atoms with E-state index in [1.807, 2.05) is 0 Å². The molecule has 0 heteroatoms. The summed E-state index contributed by atoms with van der Waals surface area (Å²) in [6.45, 7) is 2.18. The highest BCUT2D eigenvalue weighted by molar-refractivity contribution is 5.81. The first-order valence-corrected chi connectivity index (χ1v) is 9.16. The van der Waals surface area contributed by atoms with Crippen LogP contribution in [0, 0.1) is 6.92 Å². The normalized spacial score (nSPS) is 14.7. The van der Waals surface area contributed by atoms with Crippen LogP contribution in [0.25, 0.3) is 22.3 Å². The number of aryl methyl sites for hydroxylation is 1. The van der Waals surface area contributed by atoms with E-state index in [1.54, 1.807) is 0 Å². The van der Waals surface area contributed by atoms with Gasteiger partial charge >= 0.3 is 0 Å². The molecular formula is C26H20. The van der Waals surface area contributed by atoms with Crippen molar-refractivity contribution in [1.29, 1.82) is 0 Å². The van der Waals surface area contributed by atoms with Crippen LogP contribution in [0.2, 0.25) is 0 Å². The first-order chi connectivity index (χ1) is 12.8. The molecule has 0 nitrogen and oxygen atoms in total. The highest BCUT2D eigenvalue weighted by Gasteiger charge is 2.29. The van der Waals surface area contributed by atoms with Gasteiger partial charge in [-0.3, -0.25) is 0 Å². The van der Waals surface area contributed by atoms with Crippen LogP contribution in [-0.2, 0) is 0 Å². The monoisotopic (exact) mass is 332 g/mol. The second-order valence-corrected chi connectivity index (χ2v) is 7.10. The summed E-state index contributed by atoms with van der Waals surface area (Å²) in [6.07, 6.45) is 0. The van der Waals surface area contributed by atoms with Gasteiger partial charge in [0.1, 0.15) is 0 Å². The van der Waals surface area contributed by atoms with Crippen LogP contribution in [0.15, 0.2) is 97.1 Å². The lowest BCUT2D eigenvalue weighted by molar-refractivity contribution is 1.01. The zero-order valence-corrected chi connectivity index (χ0v) is 14.8. The third-order valence-corrected chi connectivity index (χ3v) is 5.43. The molecule has 0 aliphatic heterocycles. The van der Waals surface area contributed by atoms with Crippen LogP contribution in [0.3, 0.4) is 0 Å². The molecule has 0 spiro atoms. The van der Waals surface area contributed by atoms with Crippen molar-refractivity contribution in [3.05, 3.63) is 119 Å². The fourth-order valence-electron chi connectivity index (χ4n) is 4.19. The molecular weight excluding hydrogens is 312 g/mol. The molecule has 0 fully saturated rings. The highest BCUT2D eigenvalue weighted by atomic mass is 14.3. The Labute approximate surface area is 154 Å². The maximum absolute atomic E-state index is 2.35. The Morgan fingerprint density at radius 3 is 2.00 bits per heavy atom. The molecule has 0 aromatic heterocycles. The van der Waals surface area contributed by atoms with E-state index in [2.05, 4.69) is 104 Å². The molecule has 1 aliphatic rings. The van der Waals surface area contributed by atoms with Crippen molar-refractivity contribution in [2.24, 2.45) is 0 Å². The summed E-state index contributed by atoms with van der Waals surface area (Å²) in [6, 6.07) is 35.3. The first kappa shape index (κ1) is 15.2. The van der Waals surface area contributed by atoms with Gasteiger partial charge in [-0.25, -0.2) is 0 Å². The van der Waals surface area contributed by atoms with Crippen LogP contribution in [0.1, 0.15) is 28.2 Å². The SMILES string of the molecule is Cc1ccc2c(c1)C(c1ccc(-c3ccccc3)cc1)c1ccccc1-2. The average Bonchev–Trinajstić information content (AvgIpc) is 3.02. The molecule has 124 valence electrons. The van der Waals surface area contributed by atoms with Crippen LogP contribution in [0.4, 0.5) is 0 Å². The molecule has 26 heavy (non-hydrogen) atoms. The zero-order chi connectivity index (χ0) is 17.5. The molecule has 0 saturated heterocycles. The minimum Gasteiger partial charge on any atom is -0.0622 e. The third kappa shape index (κ3) is 2.38. The van der Waals surface area contributed by atoms with Crippen molar-refractivity contribution in [1.82, 2.24) is 0 Å². The van der Waals surface area contributed by atoms with Crippen molar-refractivity contribution in [2.45, 2.75) is 12.8 Å². The number of fused-ring (bicyclic) bond motifs is 3. The molecule has 0 radical (unpaired) electrons. The van der Waals surface area contributed by atoms with Gasteiger partial charge in [0.15, 0.2) is 0 Å². The number of benzene rings is 4. The van der Waals surface area contributed by atoms with Gasteiger partial charge in [0.05, 0.1) is 0 Å². The van der Waals surface area contributed by atoms with Gasteiger partial charge in [-0.15, -0.1) is 0 Å². The van der Waals surface area contributed by atoms with Crippen molar-refractivity contribution in [2.75, 3.05) is 0 Å². The van der Waals surface area contributed by atoms with Crippen molar-refractivity contribution >= 4 is 0 Å². The van der Waals surface area contributed by atoms with Gasteiger partial charge in [0, 0.05) is 5.92 Å². The van der Waals surface area contributed by atoms with E-state index in [-0.39, 0.29) is 0 Å². The summed E-state index contributed by atoms with van der Waals surface area (Å²) in [5.74, 6) is 0.325. The summed E-state index contributed by atoms with van der Waals surface area (Å²) in [4.78, 5) is 0. The summed E-state index contributed by atoms with van der Waals surface area (Å²) < 4.78 is 0. The summed E-state index contributed by atoms with van der Waals surface area (Å²) >= 11 is 0. The zero-order valence-electron chi connectivity index (χ0n) is 14.8. The molecule has 0 amide bonds. The van der Waals surface area contributed by atoms with E-state index in [9.17, 15) is 0 Å². The number of rotatable bonds is 2. The van der Waals surface area contributed by atoms with E-state index < -0.39 is 0 Å². The third-order valence-electron chi connectivity index (χ3n) is 5.43. The molecule has 0 heterocycles. The topological polar surface area (TPSA) is 0 Å². The quantitative estimate of drug-likeness (QED) is 0.332. The Morgan fingerprint density at radius 1 is 0.538 bits per heavy atom. The Hall–Kier alpha value is -3.12. The molecule has 1 aliphatic carbocycles. The lowest BCUT2D eigenvalue weighted by Crippen LogP contribution is -1.99. The molecule has 1 atom stereocenters. The fourth-order valence-corrected chi connectivity index (χ4v) is 4.19.